The number of nitrogens with zero attached hydrogens (tertiary/aromatic N) is 2. The van der Waals surface area contributed by atoms with Gasteiger partial charge in [0.2, 0.25) is 31.9 Å². The lowest BCUT2D eigenvalue weighted by atomic mass is 9.97. The summed E-state index contributed by atoms with van der Waals surface area (Å²) >= 11 is 11.6. The predicted molar refractivity (Wildman–Crippen MR) is 231 cm³/mol. The Kier molecular flexibility index (Phi) is 17.5. The van der Waals surface area contributed by atoms with Crippen molar-refractivity contribution in [1.29, 1.82) is 0 Å². The normalized spacial score (nSPS) is 19.4. The molecule has 26 heteroatoms. The van der Waals surface area contributed by atoms with Gasteiger partial charge in [-0.15, -0.1) is 0 Å². The van der Waals surface area contributed by atoms with E-state index < -0.39 is 136 Å². The molecular weight excluding hydrogens is 1020 g/mol. The van der Waals surface area contributed by atoms with Crippen molar-refractivity contribution in [3.05, 3.63) is 129 Å². The van der Waals surface area contributed by atoms with E-state index in [0.29, 0.717) is 14.7 Å². The largest absolute Gasteiger partial charge is 0.478 e. The quantitative estimate of drug-likeness (QED) is 0.0933. The molecule has 3 N–H and O–H groups in total. The molecule has 2 fully saturated rings. The fourth-order valence-electron chi connectivity index (χ4n) is 7.33. The molecule has 2 aliphatic rings. The second kappa shape index (κ2) is 22.1. The number of aromatic carboxylic acids is 1. The third-order valence-electron chi connectivity index (χ3n) is 11.1. The van der Waals surface area contributed by atoms with Crippen LogP contribution in [0.25, 0.3) is 0 Å². The number of carbonyl (C=O) groups is 4. The number of carbonyl (C=O) groups excluding carboxylic acids is 3. The summed E-state index contributed by atoms with van der Waals surface area (Å²) in [7, 11) is -8.11. The van der Waals surface area contributed by atoms with Crippen molar-refractivity contribution in [2.24, 2.45) is 11.8 Å². The maximum absolute atomic E-state index is 14.8. The first kappa shape index (κ1) is 54.5. The maximum Gasteiger partial charge on any atom is 0.391 e. The minimum atomic E-state index is -4.69. The summed E-state index contributed by atoms with van der Waals surface area (Å²) in [6, 6.07) is 11.8. The Labute approximate surface area is 399 Å². The fraction of sp³-hybridized carbons (Fsp3) is 0.349. The Morgan fingerprint density at radius 3 is 1.35 bits per heavy atom. The molecule has 2 heterocycles. The number of amides is 2. The van der Waals surface area contributed by atoms with Gasteiger partial charge in [0, 0.05) is 47.4 Å². The zero-order chi connectivity index (χ0) is 51.2. The SMILES string of the molecule is COC(=O)c1ccc(CN(C2CC(C(F)(F)F)CCNC2=O)S(=O)(=O)c2ccc(Cl)cc2)c(F)c1.O=C(O)c1ccc(CN(C2CC(C(F)(F)F)CCNC2=O)S(=O)(=O)c2ccc(Cl)cc2)c(F)c1. The van der Waals surface area contributed by atoms with Gasteiger partial charge < -0.3 is 20.5 Å². The van der Waals surface area contributed by atoms with Gasteiger partial charge in [0.15, 0.2) is 0 Å². The monoisotopic (exact) mass is 1060 g/mol. The van der Waals surface area contributed by atoms with E-state index in [2.05, 4.69) is 15.4 Å². The topological polar surface area (TPSA) is 197 Å². The van der Waals surface area contributed by atoms with Gasteiger partial charge >= 0.3 is 24.3 Å². The highest BCUT2D eigenvalue weighted by Crippen LogP contribution is 2.38. The van der Waals surface area contributed by atoms with Crippen molar-refractivity contribution in [1.82, 2.24) is 19.2 Å². The number of benzene rings is 4. The van der Waals surface area contributed by atoms with Gasteiger partial charge in [0.1, 0.15) is 23.7 Å². The zero-order valence-corrected chi connectivity index (χ0v) is 38.8. The van der Waals surface area contributed by atoms with Gasteiger partial charge in [-0.2, -0.15) is 35.0 Å². The Morgan fingerprint density at radius 1 is 0.652 bits per heavy atom. The molecule has 0 aromatic heterocycles. The van der Waals surface area contributed by atoms with Crippen LogP contribution in [0.5, 0.6) is 0 Å². The van der Waals surface area contributed by atoms with Crippen LogP contribution < -0.4 is 10.6 Å². The smallest absolute Gasteiger partial charge is 0.391 e. The second-order valence-electron chi connectivity index (χ2n) is 15.6. The molecule has 0 bridgehead atoms. The molecule has 2 saturated heterocycles. The standard InChI is InChI=1S/C22H21ClF4N2O5S.C21H19ClF4N2O5S/c1-34-21(31)13-2-3-14(18(24)10-13)12-29(35(32,33)17-6-4-16(23)5-7-17)19-11-15(22(25,26)27)8-9-28-20(19)30;22-15-3-5-16(6-4-15)34(32,33)28(11-13-2-1-12(20(30)31)9-17(13)23)18-10-14(21(24,25)26)7-8-27-19(18)29/h2-7,10,15,19H,8-9,11-12H2,1H3,(H,28,30);1-6,9,14,18H,7-8,10-11H2,(H,27,29)(H,30,31). The molecule has 0 spiro atoms. The molecule has 0 radical (unpaired) electrons. The molecule has 0 saturated carbocycles. The summed E-state index contributed by atoms with van der Waals surface area (Å²) < 4.78 is 170. The van der Waals surface area contributed by atoms with E-state index in [1.54, 1.807) is 0 Å². The molecule has 2 aliphatic heterocycles. The number of carboxylic acids is 1. The summed E-state index contributed by atoms with van der Waals surface area (Å²) in [5.74, 6) is -10.2. The zero-order valence-electron chi connectivity index (χ0n) is 35.7. The first-order valence-corrected chi connectivity index (χ1v) is 23.9. The fourth-order valence-corrected chi connectivity index (χ4v) is 10.7. The van der Waals surface area contributed by atoms with Gasteiger partial charge in [-0.05, 0) is 98.5 Å². The molecule has 2 amide bonds. The third kappa shape index (κ3) is 13.5. The summed E-state index contributed by atoms with van der Waals surface area (Å²) in [4.78, 5) is 47.5. The van der Waals surface area contributed by atoms with Crippen molar-refractivity contribution in [3.63, 3.8) is 0 Å². The van der Waals surface area contributed by atoms with Gasteiger partial charge in [-0.1, -0.05) is 35.3 Å². The second-order valence-corrected chi connectivity index (χ2v) is 20.2. The Morgan fingerprint density at radius 2 is 1.01 bits per heavy atom. The predicted octanol–water partition coefficient (Wildman–Crippen LogP) is 7.74. The number of methoxy groups -OCH3 is 1. The highest BCUT2D eigenvalue weighted by molar-refractivity contribution is 7.89. The number of alkyl halides is 6. The molecule has 14 nitrogen and oxygen atoms in total. The van der Waals surface area contributed by atoms with Gasteiger partial charge in [-0.3, -0.25) is 9.59 Å². The van der Waals surface area contributed by atoms with E-state index in [1.165, 1.54) is 30.3 Å². The number of nitrogens with one attached hydrogen (secondary N) is 2. The molecule has 6 rings (SSSR count). The average Bonchev–Trinajstić information content (AvgIpc) is 3.60. The van der Waals surface area contributed by atoms with Crippen LogP contribution in [0.1, 0.15) is 57.5 Å². The molecule has 69 heavy (non-hydrogen) atoms. The number of ether oxygens (including phenoxy) is 1. The number of carboxylic acid groups (broad SMARTS) is 1. The Balaban J connectivity index is 0.000000258. The van der Waals surface area contributed by atoms with Crippen LogP contribution in [0, 0.1) is 23.5 Å². The minimum absolute atomic E-state index is 0.148. The lowest BCUT2D eigenvalue weighted by Crippen LogP contribution is -2.49. The highest BCUT2D eigenvalue weighted by Gasteiger charge is 2.48. The average molecular weight is 1060 g/mol. The van der Waals surface area contributed by atoms with Crippen molar-refractivity contribution >= 4 is 67.0 Å². The molecule has 4 unspecified atom stereocenters. The molecule has 4 aromatic carbocycles. The van der Waals surface area contributed by atoms with Gasteiger partial charge in [-0.25, -0.2) is 35.2 Å². The number of hydrogen-bond donors (Lipinski definition) is 3. The highest BCUT2D eigenvalue weighted by atomic mass is 35.5. The molecular formula is C43H40Cl2F8N4O10S2. The summed E-state index contributed by atoms with van der Waals surface area (Å²) in [6.45, 7) is -2.17. The lowest BCUT2D eigenvalue weighted by molar-refractivity contribution is -0.179. The Bertz CT molecular complexity index is 2770. The molecule has 4 atom stereocenters. The molecule has 4 aromatic rings. The number of hydrogen-bond acceptors (Lipinski definition) is 9. The first-order chi connectivity index (χ1) is 32.1. The van der Waals surface area contributed by atoms with E-state index in [-0.39, 0.29) is 49.6 Å². The first-order valence-electron chi connectivity index (χ1n) is 20.3. The summed E-state index contributed by atoms with van der Waals surface area (Å²) in [5, 5.41) is 14.0. The maximum atomic E-state index is 14.8. The van der Waals surface area contributed by atoms with Crippen LogP contribution in [0.15, 0.2) is 94.7 Å². The van der Waals surface area contributed by atoms with E-state index in [9.17, 15) is 71.1 Å². The third-order valence-corrected chi connectivity index (χ3v) is 15.3. The van der Waals surface area contributed by atoms with Crippen molar-refractivity contribution < 1.29 is 81.0 Å². The number of esters is 1. The van der Waals surface area contributed by atoms with Crippen molar-refractivity contribution in [2.45, 2.75) is 73.0 Å². The van der Waals surface area contributed by atoms with Crippen LogP contribution >= 0.6 is 23.2 Å². The Hall–Kier alpha value is -5.40. The number of sulfonamides is 2. The van der Waals surface area contributed by atoms with Crippen LogP contribution in [-0.2, 0) is 47.5 Å². The van der Waals surface area contributed by atoms with E-state index in [0.717, 1.165) is 55.6 Å². The van der Waals surface area contributed by atoms with Crippen LogP contribution in [0.4, 0.5) is 35.1 Å². The van der Waals surface area contributed by atoms with Crippen LogP contribution in [-0.4, -0.2) is 98.9 Å². The van der Waals surface area contributed by atoms with Crippen molar-refractivity contribution in [3.8, 4) is 0 Å². The number of rotatable bonds is 12. The van der Waals surface area contributed by atoms with Crippen LogP contribution in [0.3, 0.4) is 0 Å². The van der Waals surface area contributed by atoms with Crippen LogP contribution in [0.2, 0.25) is 10.0 Å². The van der Waals surface area contributed by atoms with E-state index in [4.69, 9.17) is 28.3 Å². The van der Waals surface area contributed by atoms with Crippen molar-refractivity contribution in [2.75, 3.05) is 20.2 Å². The summed E-state index contributed by atoms with van der Waals surface area (Å²) in [6.07, 6.45) is -11.9. The molecule has 374 valence electrons. The molecule has 0 aliphatic carbocycles. The lowest BCUT2D eigenvalue weighted by Gasteiger charge is -2.31. The number of halogens is 10. The minimum Gasteiger partial charge on any atom is -0.478 e. The van der Waals surface area contributed by atoms with E-state index in [1.807, 2.05) is 0 Å². The van der Waals surface area contributed by atoms with Gasteiger partial charge in [0.05, 0.1) is 39.9 Å². The summed E-state index contributed by atoms with van der Waals surface area (Å²) in [5.41, 5.74) is -1.12. The van der Waals surface area contributed by atoms with E-state index >= 15 is 0 Å². The van der Waals surface area contributed by atoms with Gasteiger partial charge in [0.25, 0.3) is 0 Å².